The van der Waals surface area contributed by atoms with Crippen LogP contribution in [0.5, 0.6) is 0 Å². The van der Waals surface area contributed by atoms with Gasteiger partial charge < -0.3 is 101 Å². The molecule has 0 aromatic heterocycles. The number of alkyl carbamates (subject to hydrolysis) is 2. The van der Waals surface area contributed by atoms with Crippen LogP contribution in [0.4, 0.5) is 31.9 Å². The molecule has 0 saturated carbocycles. The second kappa shape index (κ2) is 70.3. The Morgan fingerprint density at radius 1 is 0.609 bits per heavy atom. The SMILES string of the molecule is C.C.CC(=O)C1(CN)CCCCO1.CC(=O)C1(CN=[N+]=[N-])CCCCO1.CC(=O)C1(CO)CCCCO1.CC(=O)C1(COS(=O)(=O)C(F)(F)F)CCCCO1.COC(=O)Cl.COC(=O)NCC1(C(=O)O)CCCCO1.COC(=O)NCC1(C(C)=O)CCCCO1.CP(C)C.O.OCC1CCCO1.[2H]CF.[Li+].[N-]=[N+]=[N-].[Na+].[OH-]. The number of alkyl halides is 4. The molecular formula is C65H123ClF4LiN9NaO27PS. The van der Waals surface area contributed by atoms with Crippen molar-refractivity contribution in [2.24, 2.45) is 10.8 Å². The van der Waals surface area contributed by atoms with E-state index < -0.39 is 92.4 Å². The number of amides is 2. The molecule has 7 rings (SSSR count). The number of rotatable bonds is 18. The molecule has 638 valence electrons. The van der Waals surface area contributed by atoms with Gasteiger partial charge in [-0.05, 0) is 189 Å². The van der Waals surface area contributed by atoms with E-state index >= 15 is 0 Å². The maximum atomic E-state index is 12.1. The van der Waals surface area contributed by atoms with Crippen LogP contribution in [-0.2, 0) is 90.4 Å². The Kier molecular flexibility index (Phi) is 79.4. The molecule has 7 heterocycles. The van der Waals surface area contributed by atoms with Crippen molar-refractivity contribution in [1.82, 2.24) is 10.6 Å². The fourth-order valence-corrected chi connectivity index (χ4v) is 10.4. The van der Waals surface area contributed by atoms with Gasteiger partial charge in [-0.25, -0.2) is 19.2 Å². The molecule has 2 amide bonds. The average Bonchev–Trinajstić information content (AvgIpc) is 1.33. The van der Waals surface area contributed by atoms with E-state index in [0.29, 0.717) is 86.0 Å². The number of aliphatic carboxylic acids is 1. The molecule has 0 spiro atoms. The number of aliphatic hydroxyl groups excluding tert-OH is 2. The summed E-state index contributed by atoms with van der Waals surface area (Å²) in [6.07, 6.45) is 15.3. The van der Waals surface area contributed by atoms with Crippen LogP contribution in [0.3, 0.4) is 0 Å². The number of hydrogen-bond acceptors (Lipinski definition) is 27. The molecule has 7 aliphatic rings. The first kappa shape index (κ1) is 124. The van der Waals surface area contributed by atoms with Gasteiger partial charge in [-0.15, -0.1) is 7.92 Å². The summed E-state index contributed by atoms with van der Waals surface area (Å²) in [4.78, 5) is 103. The summed E-state index contributed by atoms with van der Waals surface area (Å²) in [5.41, 5.74) is 14.9. The van der Waals surface area contributed by atoms with Crippen LogP contribution < -0.4 is 64.8 Å². The average molecular weight is 1670 g/mol. The first-order chi connectivity index (χ1) is 49.2. The van der Waals surface area contributed by atoms with Crippen molar-refractivity contribution >= 4 is 82.1 Å². The van der Waals surface area contributed by atoms with Gasteiger partial charge in [-0.3, -0.25) is 37.5 Å². The van der Waals surface area contributed by atoms with Crippen LogP contribution in [0.1, 0.15) is 179 Å². The van der Waals surface area contributed by atoms with Gasteiger partial charge in [0.15, 0.2) is 40.1 Å². The van der Waals surface area contributed by atoms with E-state index in [-0.39, 0.29) is 149 Å². The molecule has 0 bridgehead atoms. The zero-order chi connectivity index (χ0) is 81.4. The minimum absolute atomic E-state index is 0. The molecule has 0 aromatic rings. The monoisotopic (exact) mass is 1670 g/mol. The number of ketones is 5. The van der Waals surface area contributed by atoms with E-state index in [4.69, 9.17) is 72.2 Å². The van der Waals surface area contributed by atoms with Gasteiger partial charge in [-0.2, -0.15) is 21.6 Å². The molecule has 0 aliphatic carbocycles. The second-order valence-electron chi connectivity index (χ2n) is 24.2. The first-order valence-electron chi connectivity index (χ1n) is 33.9. The number of carboxylic acids is 1. The van der Waals surface area contributed by atoms with Crippen molar-refractivity contribution in [1.29, 1.82) is 0 Å². The summed E-state index contributed by atoms with van der Waals surface area (Å²) in [6, 6.07) is 0. The molecular weight excluding hydrogens is 1540 g/mol. The number of nitrogens with two attached hydrogens (primary N) is 1. The molecule has 7 saturated heterocycles. The summed E-state index contributed by atoms with van der Waals surface area (Å²) in [5.74, 6) is -1.66. The van der Waals surface area contributed by atoms with Crippen LogP contribution in [0.2, 0.25) is 0 Å². The Bertz CT molecular complexity index is 2640. The van der Waals surface area contributed by atoms with E-state index in [9.17, 15) is 69.1 Å². The molecule has 7 aliphatic heterocycles. The number of methoxy groups -OCH3 is 3. The topological polar surface area (TPSA) is 569 Å². The van der Waals surface area contributed by atoms with E-state index in [1.54, 1.807) is 6.92 Å². The summed E-state index contributed by atoms with van der Waals surface area (Å²) in [6.45, 7) is 17.4. The third-order valence-electron chi connectivity index (χ3n) is 16.2. The van der Waals surface area contributed by atoms with Crippen molar-refractivity contribution in [3.63, 3.8) is 0 Å². The predicted molar refractivity (Wildman–Crippen MR) is 393 cm³/mol. The van der Waals surface area contributed by atoms with Gasteiger partial charge >= 0.3 is 87.6 Å². The van der Waals surface area contributed by atoms with Crippen molar-refractivity contribution in [3.05, 3.63) is 26.4 Å². The Morgan fingerprint density at radius 3 is 1.12 bits per heavy atom. The van der Waals surface area contributed by atoms with Crippen LogP contribution in [-0.4, -0.2) is 273 Å². The van der Waals surface area contributed by atoms with E-state index in [0.717, 1.165) is 97.0 Å². The number of ether oxygens (including phenoxy) is 10. The molecule has 7 atom stereocenters. The fraction of sp³-hybridized carbons (Fsp3) is 0.862. The maximum absolute atomic E-state index is 12.1. The minimum Gasteiger partial charge on any atom is -0.870 e. The molecule has 7 unspecified atom stereocenters. The number of nitrogens with one attached hydrogen (secondary N) is 2. The second-order valence-corrected chi connectivity index (χ2v) is 28.8. The minimum atomic E-state index is -5.70. The number of aliphatic hydroxyl groups is 2. The Morgan fingerprint density at radius 2 is 0.909 bits per heavy atom. The van der Waals surface area contributed by atoms with Gasteiger partial charge in [0.05, 0.1) is 68.8 Å². The number of nitrogens with zero attached hydrogens (tertiary/aromatic N) is 6. The molecule has 0 radical (unpaired) electrons. The summed E-state index contributed by atoms with van der Waals surface area (Å²) < 4.78 is 127. The number of carbonyl (C=O) groups is 9. The predicted octanol–water partition coefficient (Wildman–Crippen LogP) is 3.66. The Balaban J connectivity index is -0.000000130. The van der Waals surface area contributed by atoms with Gasteiger partial charge in [-0.1, -0.05) is 20.0 Å². The third-order valence-corrected chi connectivity index (χ3v) is 17.4. The standard InChI is InChI=1S/C10H17NO4.C9H13F3O5S.C9H15NO5.C8H13N3O2.C8H15NO2.C8H14O3.C5H10O2.C3H9P.C2H3ClO2.CH3F.2CH4.Li.N3.Na.2H2O/c1-8(12)10(5-3-4-6-15-10)7-11-9(13)14-2;1-7(13)8(4-2-3-5-16-8)6-17-18(14,15)9(10,11)12;1-14-8(13)10-6-9(7(11)12)4-2-3-5-15-9;1-7(12)8(6-10-11-9)4-2-3-5-13-8;2*1-7(10)8(6-9)4-2-3-5-11-8;6-4-5-2-1-3-7-5;1-4(2)3;1-5-2(3)4;1-2;;;;1-3-2;;;/h3-7H2,1-2H3,(H,11,13);2-6H2,1H3;2-6H2,1H3,(H,10,13)(H,11,12);2-6H2,1H3;2-6,9H2,1H3;9H,2-6H2,1H3;5-6H,1-4H2;1-3H3;1H3;1H3;2*1H4;;;;2*1H2/q;;;;;;;;;;;;+1;-1;+1;;/p-1/i;;;;;;;;;1D;;;;;;;. The number of halogens is 5. The van der Waals surface area contributed by atoms with Crippen molar-refractivity contribution in [2.45, 2.75) is 223 Å². The number of azide groups is 1. The smallest absolute Gasteiger partial charge is 0.870 e. The summed E-state index contributed by atoms with van der Waals surface area (Å²) >= 11 is 4.60. The van der Waals surface area contributed by atoms with Gasteiger partial charge in [0, 0.05) is 69.3 Å². The van der Waals surface area contributed by atoms with Crippen LogP contribution in [0.15, 0.2) is 5.11 Å². The zero-order valence-corrected chi connectivity index (χ0v) is 69.1. The molecule has 10 N–H and O–H groups in total. The third kappa shape index (κ3) is 51.7. The van der Waals surface area contributed by atoms with E-state index in [1.165, 1.54) is 47.0 Å². The van der Waals surface area contributed by atoms with Crippen molar-refractivity contribution in [2.75, 3.05) is 141 Å². The van der Waals surface area contributed by atoms with Crippen molar-refractivity contribution in [3.8, 4) is 0 Å². The van der Waals surface area contributed by atoms with Gasteiger partial charge in [0.2, 0.25) is 0 Å². The van der Waals surface area contributed by atoms with E-state index in [2.05, 4.69) is 70.6 Å². The number of Topliss-reactive ketones (excluding diaryl/α,β-unsaturated/α-hetero) is 5. The number of carboxylic acid groups (broad SMARTS) is 1. The van der Waals surface area contributed by atoms with Gasteiger partial charge in [0.25, 0.3) is 0 Å². The largest absolute Gasteiger partial charge is 1.00 e. The molecule has 110 heavy (non-hydrogen) atoms. The number of hydrogen-bond donors (Lipinski definition) is 6. The van der Waals surface area contributed by atoms with Crippen molar-refractivity contribution < 1.29 is 197 Å². The Hall–Kier alpha value is -4.08. The molecule has 0 aromatic carbocycles. The number of carbonyl (C=O) groups excluding carboxylic acids is 8. The summed E-state index contributed by atoms with van der Waals surface area (Å²) in [7, 11) is -2.59. The zero-order valence-electron chi connectivity index (χ0n) is 65.6. The van der Waals surface area contributed by atoms with Crippen LogP contribution in [0.25, 0.3) is 26.4 Å². The van der Waals surface area contributed by atoms with E-state index in [1.807, 2.05) is 0 Å². The van der Waals surface area contributed by atoms with Gasteiger partial charge in [0.1, 0.15) is 29.0 Å². The molecule has 45 heteroatoms. The Labute approximate surface area is 686 Å². The maximum Gasteiger partial charge on any atom is 1.00 e. The van der Waals surface area contributed by atoms with Crippen LogP contribution >= 0.6 is 19.5 Å². The molecule has 36 nitrogen and oxygen atoms in total. The molecule has 7 fully saturated rings. The van der Waals surface area contributed by atoms with Crippen LogP contribution in [0, 0.1) is 0 Å². The normalized spacial score (nSPS) is 23.8. The first-order valence-corrected chi connectivity index (χ1v) is 37.6. The fourth-order valence-electron chi connectivity index (χ4n) is 9.89. The summed E-state index contributed by atoms with van der Waals surface area (Å²) in [5, 5.41) is 34.8. The quantitative estimate of drug-likeness (QED) is 0.0109.